The van der Waals surface area contributed by atoms with E-state index in [4.69, 9.17) is 0 Å². The largest absolute Gasteiger partial charge is 0.507 e. The van der Waals surface area contributed by atoms with E-state index in [0.717, 1.165) is 17.4 Å². The quantitative estimate of drug-likeness (QED) is 0.246. The molecule has 0 aliphatic carbocycles. The van der Waals surface area contributed by atoms with E-state index in [-0.39, 0.29) is 23.1 Å². The molecule has 0 spiro atoms. The summed E-state index contributed by atoms with van der Waals surface area (Å²) in [5.41, 5.74) is 1.52. The molecule has 0 saturated carbocycles. The fourth-order valence-corrected chi connectivity index (χ4v) is 3.79. The Labute approximate surface area is 186 Å². The van der Waals surface area contributed by atoms with Crippen molar-refractivity contribution in [3.05, 3.63) is 89.0 Å². The third kappa shape index (κ3) is 4.60. The highest BCUT2D eigenvalue weighted by molar-refractivity contribution is 7.99. The van der Waals surface area contributed by atoms with Gasteiger partial charge < -0.3 is 10.4 Å². The molecule has 2 N–H and O–H groups in total. The van der Waals surface area contributed by atoms with E-state index in [9.17, 15) is 20.0 Å². The molecular formula is C22H17N5O4S. The fraction of sp³-hybridized carbons (Fsp3) is 0.0455. The topological polar surface area (TPSA) is 123 Å². The van der Waals surface area contributed by atoms with Crippen LogP contribution in [0.5, 0.6) is 5.75 Å². The van der Waals surface area contributed by atoms with Crippen LogP contribution in [-0.2, 0) is 4.79 Å². The Hall–Kier alpha value is -4.18. The smallest absolute Gasteiger partial charge is 0.271 e. The Morgan fingerprint density at radius 3 is 2.53 bits per heavy atom. The molecule has 9 nitrogen and oxygen atoms in total. The molecule has 0 unspecified atom stereocenters. The van der Waals surface area contributed by atoms with Crippen LogP contribution in [0.3, 0.4) is 0 Å². The number of phenolic OH excluding ortho intramolecular Hbond substituents is 1. The third-order valence-corrected chi connectivity index (χ3v) is 5.39. The third-order valence-electron chi connectivity index (χ3n) is 4.47. The molecule has 32 heavy (non-hydrogen) atoms. The standard InChI is InChI=1S/C22H17N5O4S/c28-19-12-5-4-11-18(19)21-24-25-22(26(21)16-8-2-1-3-9-16)32-14-20(29)23-15-7-6-10-17(13-15)27(30)31/h1-13,28H,14H2,(H,23,29). The molecular weight excluding hydrogens is 430 g/mol. The zero-order valence-corrected chi connectivity index (χ0v) is 17.4. The molecule has 1 heterocycles. The van der Waals surface area contributed by atoms with Gasteiger partial charge in [0, 0.05) is 23.5 Å². The van der Waals surface area contributed by atoms with Gasteiger partial charge in [0.1, 0.15) is 5.75 Å². The van der Waals surface area contributed by atoms with Crippen LogP contribution in [0.25, 0.3) is 17.1 Å². The van der Waals surface area contributed by atoms with E-state index in [1.54, 1.807) is 34.9 Å². The highest BCUT2D eigenvalue weighted by Crippen LogP contribution is 2.32. The Kier molecular flexibility index (Phi) is 6.13. The van der Waals surface area contributed by atoms with Gasteiger partial charge in [-0.2, -0.15) is 0 Å². The van der Waals surface area contributed by atoms with Crippen LogP contribution < -0.4 is 5.32 Å². The first-order chi connectivity index (χ1) is 15.5. The summed E-state index contributed by atoms with van der Waals surface area (Å²) >= 11 is 1.16. The summed E-state index contributed by atoms with van der Waals surface area (Å²) in [4.78, 5) is 22.8. The molecule has 1 aromatic heterocycles. The Bertz CT molecular complexity index is 1280. The van der Waals surface area contributed by atoms with Gasteiger partial charge in [0.15, 0.2) is 11.0 Å². The number of phenols is 1. The van der Waals surface area contributed by atoms with E-state index in [1.165, 1.54) is 18.2 Å². The number of non-ortho nitro benzene ring substituents is 1. The number of anilines is 1. The van der Waals surface area contributed by atoms with Crippen molar-refractivity contribution in [2.24, 2.45) is 0 Å². The fourth-order valence-electron chi connectivity index (χ4n) is 3.03. The maximum absolute atomic E-state index is 12.4. The Morgan fingerprint density at radius 2 is 1.78 bits per heavy atom. The van der Waals surface area contributed by atoms with E-state index in [0.29, 0.717) is 22.2 Å². The number of nitro benzene ring substituents is 1. The lowest BCUT2D eigenvalue weighted by Crippen LogP contribution is -2.14. The first-order valence-corrected chi connectivity index (χ1v) is 10.5. The van der Waals surface area contributed by atoms with E-state index >= 15 is 0 Å². The lowest BCUT2D eigenvalue weighted by atomic mass is 10.2. The van der Waals surface area contributed by atoms with Gasteiger partial charge in [0.25, 0.3) is 5.69 Å². The first kappa shape index (κ1) is 21.1. The molecule has 1 amide bonds. The monoisotopic (exact) mass is 447 g/mol. The molecule has 0 atom stereocenters. The predicted molar refractivity (Wildman–Crippen MR) is 121 cm³/mol. The number of aromatic nitrogens is 3. The lowest BCUT2D eigenvalue weighted by molar-refractivity contribution is -0.384. The van der Waals surface area contributed by atoms with Crippen LogP contribution in [0.1, 0.15) is 0 Å². The van der Waals surface area contributed by atoms with Crippen LogP contribution in [0.15, 0.2) is 84.0 Å². The SMILES string of the molecule is O=C(CSc1nnc(-c2ccccc2O)n1-c1ccccc1)Nc1cccc([N+](=O)[O-])c1. The van der Waals surface area contributed by atoms with Crippen molar-refractivity contribution >= 4 is 29.0 Å². The number of rotatable bonds is 7. The normalized spacial score (nSPS) is 10.6. The number of benzene rings is 3. The molecule has 0 radical (unpaired) electrons. The van der Waals surface area contributed by atoms with Crippen LogP contribution >= 0.6 is 11.8 Å². The number of carbonyl (C=O) groups is 1. The molecule has 4 aromatic rings. The van der Waals surface area contributed by atoms with Crippen molar-refractivity contribution in [1.82, 2.24) is 14.8 Å². The number of amides is 1. The second-order valence-electron chi connectivity index (χ2n) is 6.64. The van der Waals surface area contributed by atoms with Gasteiger partial charge in [-0.1, -0.05) is 48.2 Å². The molecule has 160 valence electrons. The number of para-hydroxylation sites is 2. The summed E-state index contributed by atoms with van der Waals surface area (Å²) in [5.74, 6) is 0.171. The highest BCUT2D eigenvalue weighted by Gasteiger charge is 2.19. The van der Waals surface area contributed by atoms with Gasteiger partial charge in [-0.05, 0) is 30.3 Å². The summed E-state index contributed by atoms with van der Waals surface area (Å²) in [6.45, 7) is 0. The summed E-state index contributed by atoms with van der Waals surface area (Å²) in [5, 5.41) is 32.8. The second-order valence-corrected chi connectivity index (χ2v) is 7.58. The zero-order chi connectivity index (χ0) is 22.5. The number of hydrogen-bond acceptors (Lipinski definition) is 7. The van der Waals surface area contributed by atoms with E-state index < -0.39 is 4.92 Å². The van der Waals surface area contributed by atoms with Crippen LogP contribution in [-0.4, -0.2) is 36.5 Å². The van der Waals surface area contributed by atoms with Crippen LogP contribution in [0, 0.1) is 10.1 Å². The molecule has 0 aliphatic heterocycles. The summed E-state index contributed by atoms with van der Waals surface area (Å²) < 4.78 is 1.76. The molecule has 0 saturated heterocycles. The number of nitrogens with one attached hydrogen (secondary N) is 1. The molecule has 0 bridgehead atoms. The lowest BCUT2D eigenvalue weighted by Gasteiger charge is -2.11. The predicted octanol–water partition coefficient (Wildman–Crippen LogP) is 4.28. The van der Waals surface area contributed by atoms with Crippen molar-refractivity contribution in [3.8, 4) is 22.8 Å². The minimum absolute atomic E-state index is 0.00836. The van der Waals surface area contributed by atoms with Gasteiger partial charge in [-0.25, -0.2) is 0 Å². The summed E-state index contributed by atoms with van der Waals surface area (Å²) in [6.07, 6.45) is 0. The summed E-state index contributed by atoms with van der Waals surface area (Å²) in [7, 11) is 0. The highest BCUT2D eigenvalue weighted by atomic mass is 32.2. The second kappa shape index (κ2) is 9.31. The number of aromatic hydroxyl groups is 1. The average Bonchev–Trinajstić information content (AvgIpc) is 3.22. The van der Waals surface area contributed by atoms with E-state index in [1.807, 2.05) is 30.3 Å². The van der Waals surface area contributed by atoms with Crippen molar-refractivity contribution in [3.63, 3.8) is 0 Å². The number of carbonyl (C=O) groups excluding carboxylic acids is 1. The minimum atomic E-state index is -0.521. The van der Waals surface area contributed by atoms with Crippen molar-refractivity contribution in [1.29, 1.82) is 0 Å². The number of nitro groups is 1. The first-order valence-electron chi connectivity index (χ1n) is 9.49. The average molecular weight is 447 g/mol. The molecule has 4 rings (SSSR count). The zero-order valence-electron chi connectivity index (χ0n) is 16.6. The van der Waals surface area contributed by atoms with Crippen molar-refractivity contribution in [2.45, 2.75) is 5.16 Å². The number of nitrogens with zero attached hydrogens (tertiary/aromatic N) is 4. The maximum Gasteiger partial charge on any atom is 0.271 e. The van der Waals surface area contributed by atoms with E-state index in [2.05, 4.69) is 15.5 Å². The van der Waals surface area contributed by atoms with Gasteiger partial charge in [0.2, 0.25) is 5.91 Å². The minimum Gasteiger partial charge on any atom is -0.507 e. The van der Waals surface area contributed by atoms with Crippen LogP contribution in [0.4, 0.5) is 11.4 Å². The molecule has 0 fully saturated rings. The van der Waals surface area contributed by atoms with Gasteiger partial charge in [0.05, 0.1) is 16.2 Å². The molecule has 0 aliphatic rings. The Balaban J connectivity index is 1.58. The van der Waals surface area contributed by atoms with Crippen LogP contribution in [0.2, 0.25) is 0 Å². The Morgan fingerprint density at radius 1 is 1.03 bits per heavy atom. The summed E-state index contributed by atoms with van der Waals surface area (Å²) in [6, 6.07) is 21.9. The molecule has 10 heteroatoms. The number of hydrogen-bond donors (Lipinski definition) is 2. The number of thioether (sulfide) groups is 1. The van der Waals surface area contributed by atoms with Gasteiger partial charge in [-0.15, -0.1) is 10.2 Å². The van der Waals surface area contributed by atoms with Gasteiger partial charge in [-0.3, -0.25) is 19.5 Å². The maximum atomic E-state index is 12.4. The molecule has 3 aromatic carbocycles. The van der Waals surface area contributed by atoms with Gasteiger partial charge >= 0.3 is 0 Å². The van der Waals surface area contributed by atoms with Crippen molar-refractivity contribution in [2.75, 3.05) is 11.1 Å². The van der Waals surface area contributed by atoms with Crippen molar-refractivity contribution < 1.29 is 14.8 Å².